The number of esters is 3. The smallest absolute Gasteiger partial charge is 0.397 e. The SMILES string of the molecule is CCOC(=O)C(=O)N(C1=C(C(=O)OC)C(C(=O)OC)N2C=CN=CC2=N1)C1CCCCC1. The summed E-state index contributed by atoms with van der Waals surface area (Å²) in [6.45, 7) is 1.60. The Hall–Kier alpha value is -3.50. The van der Waals surface area contributed by atoms with Gasteiger partial charge in [0.1, 0.15) is 5.57 Å². The zero-order valence-electron chi connectivity index (χ0n) is 18.3. The van der Waals surface area contributed by atoms with Gasteiger partial charge in [0, 0.05) is 18.4 Å². The first-order chi connectivity index (χ1) is 15.4. The summed E-state index contributed by atoms with van der Waals surface area (Å²) in [5.41, 5.74) is -0.203. The van der Waals surface area contributed by atoms with Gasteiger partial charge in [0.2, 0.25) is 0 Å². The number of fused-ring (bicyclic) bond motifs is 1. The Morgan fingerprint density at radius 2 is 1.84 bits per heavy atom. The molecule has 0 aromatic rings. The number of hydrogen-bond donors (Lipinski definition) is 0. The molecule has 1 atom stereocenters. The molecular weight excluding hydrogens is 420 g/mol. The highest BCUT2D eigenvalue weighted by molar-refractivity contribution is 6.34. The molecule has 0 bridgehead atoms. The second kappa shape index (κ2) is 10.2. The molecule has 1 unspecified atom stereocenters. The number of aliphatic imine (C=N–C) groups is 2. The van der Waals surface area contributed by atoms with Gasteiger partial charge in [0.05, 0.1) is 27.0 Å². The van der Waals surface area contributed by atoms with Gasteiger partial charge in [-0.05, 0) is 19.8 Å². The van der Waals surface area contributed by atoms with Gasteiger partial charge >= 0.3 is 23.8 Å². The lowest BCUT2D eigenvalue weighted by Gasteiger charge is -2.39. The normalized spacial score (nSPS) is 20.3. The fraction of sp³-hybridized carbons (Fsp3) is 0.524. The molecule has 1 saturated carbocycles. The molecule has 1 aliphatic carbocycles. The van der Waals surface area contributed by atoms with Gasteiger partial charge in [-0.15, -0.1) is 0 Å². The van der Waals surface area contributed by atoms with Gasteiger partial charge in [0.25, 0.3) is 0 Å². The summed E-state index contributed by atoms with van der Waals surface area (Å²) in [5, 5.41) is 0. The van der Waals surface area contributed by atoms with Gasteiger partial charge in [-0.25, -0.2) is 19.4 Å². The number of methoxy groups -OCH3 is 2. The molecule has 0 N–H and O–H groups in total. The van der Waals surface area contributed by atoms with E-state index in [4.69, 9.17) is 14.2 Å². The molecular formula is C21H26N4O7. The molecule has 2 aliphatic heterocycles. The Morgan fingerprint density at radius 3 is 2.47 bits per heavy atom. The molecule has 1 amide bonds. The van der Waals surface area contributed by atoms with E-state index in [2.05, 4.69) is 9.98 Å². The van der Waals surface area contributed by atoms with Crippen LogP contribution in [-0.4, -0.2) is 78.6 Å². The van der Waals surface area contributed by atoms with E-state index < -0.39 is 35.9 Å². The van der Waals surface area contributed by atoms with Gasteiger partial charge < -0.3 is 19.1 Å². The molecule has 0 aromatic carbocycles. The van der Waals surface area contributed by atoms with E-state index in [9.17, 15) is 19.2 Å². The van der Waals surface area contributed by atoms with Crippen LogP contribution >= 0.6 is 0 Å². The van der Waals surface area contributed by atoms with E-state index in [0.29, 0.717) is 12.8 Å². The second-order valence-corrected chi connectivity index (χ2v) is 7.30. The van der Waals surface area contributed by atoms with Gasteiger partial charge in [-0.3, -0.25) is 14.7 Å². The van der Waals surface area contributed by atoms with Crippen LogP contribution in [0.2, 0.25) is 0 Å². The van der Waals surface area contributed by atoms with Crippen LogP contribution in [0, 0.1) is 0 Å². The lowest BCUT2D eigenvalue weighted by atomic mass is 9.93. The Bertz CT molecular complexity index is 915. The maximum atomic E-state index is 13.2. The first-order valence-electron chi connectivity index (χ1n) is 10.4. The van der Waals surface area contributed by atoms with Crippen LogP contribution in [0.4, 0.5) is 0 Å². The van der Waals surface area contributed by atoms with Crippen LogP contribution in [0.5, 0.6) is 0 Å². The molecule has 1 fully saturated rings. The van der Waals surface area contributed by atoms with Crippen molar-refractivity contribution >= 4 is 35.9 Å². The molecule has 3 aliphatic rings. The monoisotopic (exact) mass is 446 g/mol. The lowest BCUT2D eigenvalue weighted by Crippen LogP contribution is -2.53. The predicted molar refractivity (Wildman–Crippen MR) is 112 cm³/mol. The number of amides is 1. The van der Waals surface area contributed by atoms with E-state index in [1.54, 1.807) is 6.92 Å². The maximum Gasteiger partial charge on any atom is 0.397 e. The van der Waals surface area contributed by atoms with Crippen molar-refractivity contribution in [1.82, 2.24) is 9.80 Å². The maximum absolute atomic E-state index is 13.2. The minimum Gasteiger partial charge on any atom is -0.467 e. The highest BCUT2D eigenvalue weighted by Crippen LogP contribution is 2.33. The fourth-order valence-electron chi connectivity index (χ4n) is 4.00. The van der Waals surface area contributed by atoms with Crippen molar-refractivity contribution in [1.29, 1.82) is 0 Å². The lowest BCUT2D eigenvalue weighted by molar-refractivity contribution is -0.160. The van der Waals surface area contributed by atoms with Gasteiger partial charge in [0.15, 0.2) is 17.7 Å². The topological polar surface area (TPSA) is 127 Å². The van der Waals surface area contributed by atoms with Crippen molar-refractivity contribution in [2.75, 3.05) is 20.8 Å². The van der Waals surface area contributed by atoms with Crippen molar-refractivity contribution in [2.24, 2.45) is 9.98 Å². The van der Waals surface area contributed by atoms with E-state index in [1.807, 2.05) is 0 Å². The minimum atomic E-state index is -1.28. The van der Waals surface area contributed by atoms with E-state index >= 15 is 0 Å². The molecule has 2 heterocycles. The standard InChI is InChI=1S/C21H26N4O7/c1-4-32-21(29)18(26)25(13-8-6-5-7-9-13)17-15(19(27)30-2)16(20(28)31-3)24-11-10-22-12-14(24)23-17/h10-13,16H,4-9H2,1-3H3. The Morgan fingerprint density at radius 1 is 1.12 bits per heavy atom. The summed E-state index contributed by atoms with van der Waals surface area (Å²) in [7, 11) is 2.35. The Balaban J connectivity index is 2.23. The van der Waals surface area contributed by atoms with E-state index in [1.165, 1.54) is 35.5 Å². The van der Waals surface area contributed by atoms with Crippen molar-refractivity contribution in [3.05, 3.63) is 23.8 Å². The average Bonchev–Trinajstić information content (AvgIpc) is 2.83. The first-order valence-corrected chi connectivity index (χ1v) is 10.4. The quantitative estimate of drug-likeness (QED) is 0.346. The van der Waals surface area contributed by atoms with Gasteiger partial charge in [-0.2, -0.15) is 0 Å². The number of hydrogen-bond acceptors (Lipinski definition) is 10. The molecule has 11 heteroatoms. The molecule has 0 saturated heterocycles. The minimum absolute atomic E-state index is 0.0104. The largest absolute Gasteiger partial charge is 0.467 e. The van der Waals surface area contributed by atoms with Crippen molar-refractivity contribution in [2.45, 2.75) is 51.1 Å². The van der Waals surface area contributed by atoms with E-state index in [0.717, 1.165) is 26.4 Å². The summed E-state index contributed by atoms with van der Waals surface area (Å²) in [4.78, 5) is 62.4. The Kier molecular flexibility index (Phi) is 7.39. The van der Waals surface area contributed by atoms with Crippen molar-refractivity contribution in [3.63, 3.8) is 0 Å². The average molecular weight is 446 g/mol. The van der Waals surface area contributed by atoms with Crippen LogP contribution < -0.4 is 0 Å². The number of nitrogens with zero attached hydrogens (tertiary/aromatic N) is 4. The van der Waals surface area contributed by atoms with Crippen LogP contribution in [-0.2, 0) is 33.4 Å². The summed E-state index contributed by atoms with van der Waals surface area (Å²) >= 11 is 0. The zero-order chi connectivity index (χ0) is 23.3. The third-order valence-electron chi connectivity index (χ3n) is 5.45. The zero-order valence-corrected chi connectivity index (χ0v) is 18.3. The van der Waals surface area contributed by atoms with E-state index in [-0.39, 0.29) is 23.8 Å². The highest BCUT2D eigenvalue weighted by atomic mass is 16.5. The van der Waals surface area contributed by atoms with Crippen LogP contribution in [0.15, 0.2) is 33.8 Å². The molecule has 32 heavy (non-hydrogen) atoms. The summed E-state index contributed by atoms with van der Waals surface area (Å²) in [6.07, 6.45) is 8.17. The fourth-order valence-corrected chi connectivity index (χ4v) is 4.00. The molecule has 0 radical (unpaired) electrons. The summed E-state index contributed by atoms with van der Waals surface area (Å²) in [6, 6.07) is -1.68. The number of carbonyl (C=O) groups is 4. The molecule has 0 spiro atoms. The predicted octanol–water partition coefficient (Wildman–Crippen LogP) is 0.907. The molecule has 11 nitrogen and oxygen atoms in total. The van der Waals surface area contributed by atoms with Crippen LogP contribution in [0.25, 0.3) is 0 Å². The van der Waals surface area contributed by atoms with Gasteiger partial charge in [-0.1, -0.05) is 19.3 Å². The third kappa shape index (κ3) is 4.41. The number of carbonyl (C=O) groups excluding carboxylic acids is 4. The first kappa shape index (κ1) is 23.2. The molecule has 3 rings (SSSR count). The molecule has 172 valence electrons. The third-order valence-corrected chi connectivity index (χ3v) is 5.45. The summed E-state index contributed by atoms with van der Waals surface area (Å²) < 4.78 is 14.8. The molecule has 0 aromatic heterocycles. The number of rotatable bonds is 5. The Labute approximate surface area is 185 Å². The van der Waals surface area contributed by atoms with Crippen molar-refractivity contribution < 1.29 is 33.4 Å². The number of ether oxygens (including phenoxy) is 3. The summed E-state index contributed by atoms with van der Waals surface area (Å²) in [5.74, 6) is -3.58. The van der Waals surface area contributed by atoms with Crippen LogP contribution in [0.1, 0.15) is 39.0 Å². The number of amidine groups is 1. The second-order valence-electron chi connectivity index (χ2n) is 7.30. The highest BCUT2D eigenvalue weighted by Gasteiger charge is 2.46. The van der Waals surface area contributed by atoms with Crippen molar-refractivity contribution in [3.8, 4) is 0 Å². The van der Waals surface area contributed by atoms with Crippen LogP contribution in [0.3, 0.4) is 0 Å².